The van der Waals surface area contributed by atoms with E-state index < -0.39 is 12.1 Å². The second-order valence-corrected chi connectivity index (χ2v) is 7.49. The van der Waals surface area contributed by atoms with Crippen LogP contribution in [0, 0.1) is 11.7 Å². The SMILES string of the molecule is CCNC(=NCCc1ccn(-c2ccc(F)cc2)n1)NC1CCCC(C(F)(F)F)C1. The van der Waals surface area contributed by atoms with Crippen molar-refractivity contribution in [1.82, 2.24) is 20.4 Å². The Labute approximate surface area is 173 Å². The fourth-order valence-electron chi connectivity index (χ4n) is 3.65. The van der Waals surface area contributed by atoms with Crippen molar-refractivity contribution >= 4 is 5.96 Å². The molecule has 2 unspecified atom stereocenters. The predicted molar refractivity (Wildman–Crippen MR) is 108 cm³/mol. The van der Waals surface area contributed by atoms with Gasteiger partial charge in [0.05, 0.1) is 17.3 Å². The lowest BCUT2D eigenvalue weighted by Gasteiger charge is -2.31. The first kappa shape index (κ1) is 22.1. The lowest BCUT2D eigenvalue weighted by atomic mass is 9.85. The lowest BCUT2D eigenvalue weighted by molar-refractivity contribution is -0.183. The van der Waals surface area contributed by atoms with Crippen molar-refractivity contribution in [3.05, 3.63) is 48.0 Å². The summed E-state index contributed by atoms with van der Waals surface area (Å²) in [7, 11) is 0. The summed E-state index contributed by atoms with van der Waals surface area (Å²) in [6.07, 6.45) is -0.210. The van der Waals surface area contributed by atoms with Gasteiger partial charge in [0.25, 0.3) is 0 Å². The fourth-order valence-corrected chi connectivity index (χ4v) is 3.65. The molecule has 1 aliphatic rings. The van der Waals surface area contributed by atoms with Crippen molar-refractivity contribution in [2.45, 2.75) is 51.2 Å². The van der Waals surface area contributed by atoms with Crippen LogP contribution in [0.3, 0.4) is 0 Å². The van der Waals surface area contributed by atoms with E-state index in [1.165, 1.54) is 12.1 Å². The molecule has 0 saturated heterocycles. The Morgan fingerprint density at radius 1 is 1.20 bits per heavy atom. The van der Waals surface area contributed by atoms with Gasteiger partial charge in [0.15, 0.2) is 5.96 Å². The zero-order valence-electron chi connectivity index (χ0n) is 16.9. The molecule has 1 heterocycles. The summed E-state index contributed by atoms with van der Waals surface area (Å²) in [6, 6.07) is 7.69. The van der Waals surface area contributed by atoms with E-state index in [4.69, 9.17) is 0 Å². The summed E-state index contributed by atoms with van der Waals surface area (Å²) in [5.74, 6) is -1.02. The van der Waals surface area contributed by atoms with Crippen LogP contribution in [-0.2, 0) is 6.42 Å². The number of hydrogen-bond donors (Lipinski definition) is 2. The van der Waals surface area contributed by atoms with Crippen LogP contribution < -0.4 is 10.6 Å². The quantitative estimate of drug-likeness (QED) is 0.414. The molecular weight excluding hydrogens is 398 g/mol. The molecule has 1 aromatic carbocycles. The van der Waals surface area contributed by atoms with Crippen molar-refractivity contribution in [1.29, 1.82) is 0 Å². The van der Waals surface area contributed by atoms with Crippen LogP contribution in [0.4, 0.5) is 17.6 Å². The third-order valence-corrected chi connectivity index (χ3v) is 5.20. The van der Waals surface area contributed by atoms with Crippen molar-refractivity contribution in [3.63, 3.8) is 0 Å². The van der Waals surface area contributed by atoms with Crippen molar-refractivity contribution in [2.75, 3.05) is 13.1 Å². The molecule has 2 N–H and O–H groups in total. The van der Waals surface area contributed by atoms with E-state index in [9.17, 15) is 17.6 Å². The molecule has 9 heteroatoms. The second kappa shape index (κ2) is 9.95. The standard InChI is InChI=1S/C21H27F4N5/c1-2-26-20(28-18-5-3-4-15(14-18)21(23,24)25)27-12-10-17-11-13-30(29-17)19-8-6-16(22)7-9-19/h6-9,11,13,15,18H,2-5,10,12,14H2,1H3,(H2,26,27,28). The first-order valence-electron chi connectivity index (χ1n) is 10.3. The Morgan fingerprint density at radius 3 is 2.67 bits per heavy atom. The number of halogens is 4. The molecule has 0 amide bonds. The Balaban J connectivity index is 1.55. The van der Waals surface area contributed by atoms with E-state index >= 15 is 0 Å². The molecule has 0 spiro atoms. The van der Waals surface area contributed by atoms with Gasteiger partial charge in [-0.1, -0.05) is 6.42 Å². The number of nitrogens with one attached hydrogen (secondary N) is 2. The summed E-state index contributed by atoms with van der Waals surface area (Å²) in [5.41, 5.74) is 1.59. The number of alkyl halides is 3. The highest BCUT2D eigenvalue weighted by Gasteiger charge is 2.42. The van der Waals surface area contributed by atoms with Gasteiger partial charge >= 0.3 is 6.18 Å². The van der Waals surface area contributed by atoms with Crippen molar-refractivity contribution in [3.8, 4) is 5.69 Å². The van der Waals surface area contributed by atoms with Gasteiger partial charge in [0.1, 0.15) is 5.82 Å². The minimum Gasteiger partial charge on any atom is -0.357 e. The molecule has 3 rings (SSSR count). The first-order chi connectivity index (χ1) is 14.3. The zero-order valence-corrected chi connectivity index (χ0v) is 16.9. The molecule has 2 atom stereocenters. The van der Waals surface area contributed by atoms with Gasteiger partial charge in [-0.3, -0.25) is 4.99 Å². The number of benzene rings is 1. The third kappa shape index (κ3) is 6.21. The Bertz CT molecular complexity index is 829. The summed E-state index contributed by atoms with van der Waals surface area (Å²) in [5, 5.41) is 10.7. The van der Waals surface area contributed by atoms with Crippen LogP contribution >= 0.6 is 0 Å². The highest BCUT2D eigenvalue weighted by atomic mass is 19.4. The number of hydrogen-bond acceptors (Lipinski definition) is 2. The number of guanidine groups is 1. The van der Waals surface area contributed by atoms with E-state index in [1.54, 1.807) is 23.0 Å². The number of aliphatic imine (C=N–C) groups is 1. The van der Waals surface area contributed by atoms with Crippen LogP contribution in [0.15, 0.2) is 41.5 Å². The lowest BCUT2D eigenvalue weighted by Crippen LogP contribution is -2.46. The molecule has 1 aliphatic carbocycles. The predicted octanol–water partition coefficient (Wildman–Crippen LogP) is 4.23. The third-order valence-electron chi connectivity index (χ3n) is 5.20. The van der Waals surface area contributed by atoms with Crippen molar-refractivity contribution < 1.29 is 17.6 Å². The summed E-state index contributed by atoms with van der Waals surface area (Å²) in [4.78, 5) is 4.50. The normalized spacial score (nSPS) is 20.2. The number of aromatic nitrogens is 2. The maximum absolute atomic E-state index is 13.0. The van der Waals surface area contributed by atoms with Gasteiger partial charge in [-0.05, 0) is 56.5 Å². The Hall–Kier alpha value is -2.58. The molecule has 0 bridgehead atoms. The Kier molecular flexibility index (Phi) is 7.33. The fraction of sp³-hybridized carbons (Fsp3) is 0.524. The maximum atomic E-state index is 13.0. The number of nitrogens with zero attached hydrogens (tertiary/aromatic N) is 3. The van der Waals surface area contributed by atoms with Gasteiger partial charge in [-0.2, -0.15) is 18.3 Å². The largest absolute Gasteiger partial charge is 0.391 e. The molecule has 0 aliphatic heterocycles. The molecule has 0 radical (unpaired) electrons. The first-order valence-corrected chi connectivity index (χ1v) is 10.3. The van der Waals surface area contributed by atoms with Crippen LogP contribution in [0.1, 0.15) is 38.3 Å². The monoisotopic (exact) mass is 425 g/mol. The molecular formula is C21H27F4N5. The molecule has 164 valence electrons. The van der Waals surface area contributed by atoms with Crippen LogP contribution in [0.2, 0.25) is 0 Å². The smallest absolute Gasteiger partial charge is 0.357 e. The molecule has 5 nitrogen and oxygen atoms in total. The van der Waals surface area contributed by atoms with Gasteiger partial charge in [0.2, 0.25) is 0 Å². The van der Waals surface area contributed by atoms with Crippen molar-refractivity contribution in [2.24, 2.45) is 10.9 Å². The van der Waals surface area contributed by atoms with Gasteiger partial charge in [-0.25, -0.2) is 9.07 Å². The molecule has 2 aromatic rings. The topological polar surface area (TPSA) is 54.2 Å². The van der Waals surface area contributed by atoms with Crippen LogP contribution in [-0.4, -0.2) is 41.0 Å². The van der Waals surface area contributed by atoms with Crippen LogP contribution in [0.5, 0.6) is 0 Å². The van der Waals surface area contributed by atoms with E-state index in [0.29, 0.717) is 38.3 Å². The maximum Gasteiger partial charge on any atom is 0.391 e. The summed E-state index contributed by atoms with van der Waals surface area (Å²) in [6.45, 7) is 2.99. The van der Waals surface area contributed by atoms with Gasteiger partial charge in [-0.15, -0.1) is 0 Å². The van der Waals surface area contributed by atoms with E-state index in [0.717, 1.165) is 11.4 Å². The highest BCUT2D eigenvalue weighted by Crippen LogP contribution is 2.37. The molecule has 1 saturated carbocycles. The van der Waals surface area contributed by atoms with E-state index in [1.807, 2.05) is 13.0 Å². The zero-order chi connectivity index (χ0) is 21.6. The molecule has 1 aromatic heterocycles. The van der Waals surface area contributed by atoms with Crippen LogP contribution in [0.25, 0.3) is 5.69 Å². The average Bonchev–Trinajstić information content (AvgIpc) is 3.17. The minimum absolute atomic E-state index is 0.0794. The molecule has 30 heavy (non-hydrogen) atoms. The summed E-state index contributed by atoms with van der Waals surface area (Å²) >= 11 is 0. The van der Waals surface area contributed by atoms with Gasteiger partial charge in [0, 0.05) is 31.7 Å². The highest BCUT2D eigenvalue weighted by molar-refractivity contribution is 5.80. The van der Waals surface area contributed by atoms with E-state index in [-0.39, 0.29) is 24.7 Å². The second-order valence-electron chi connectivity index (χ2n) is 7.49. The molecule has 1 fully saturated rings. The Morgan fingerprint density at radius 2 is 1.97 bits per heavy atom. The summed E-state index contributed by atoms with van der Waals surface area (Å²) < 4.78 is 53.8. The minimum atomic E-state index is -4.14. The van der Waals surface area contributed by atoms with E-state index in [2.05, 4.69) is 20.7 Å². The number of rotatable bonds is 6. The average molecular weight is 425 g/mol. The van der Waals surface area contributed by atoms with Gasteiger partial charge < -0.3 is 10.6 Å².